The Hall–Kier alpha value is -1.66. The molecule has 0 radical (unpaired) electrons. The molecule has 2 rings (SSSR count). The van der Waals surface area contributed by atoms with Crippen LogP contribution in [0.5, 0.6) is 0 Å². The molecular weight excluding hydrogens is 309 g/mol. The van der Waals surface area contributed by atoms with E-state index in [-0.39, 0.29) is 11.7 Å². The second-order valence-electron chi connectivity index (χ2n) is 5.54. The van der Waals surface area contributed by atoms with Gasteiger partial charge in [0.2, 0.25) is 11.8 Å². The lowest BCUT2D eigenvalue weighted by Gasteiger charge is -2.22. The average Bonchev–Trinajstić information content (AvgIpc) is 2.65. The summed E-state index contributed by atoms with van der Waals surface area (Å²) in [5.41, 5.74) is 5.91. The van der Waals surface area contributed by atoms with Crippen molar-refractivity contribution in [2.75, 3.05) is 26.2 Å². The van der Waals surface area contributed by atoms with Crippen molar-refractivity contribution in [2.24, 2.45) is 11.7 Å². The first-order chi connectivity index (χ1) is 10.4. The smallest absolute Gasteiger partial charge is 0.223 e. The van der Waals surface area contributed by atoms with Gasteiger partial charge in [0.15, 0.2) is 0 Å². The summed E-state index contributed by atoms with van der Waals surface area (Å²) in [6.45, 7) is 3.58. The van der Waals surface area contributed by atoms with Gasteiger partial charge in [-0.15, -0.1) is 0 Å². The highest BCUT2D eigenvalue weighted by molar-refractivity contribution is 6.30. The van der Waals surface area contributed by atoms with E-state index in [0.29, 0.717) is 43.3 Å². The molecule has 1 fully saturated rings. The van der Waals surface area contributed by atoms with Crippen LogP contribution >= 0.6 is 11.6 Å². The van der Waals surface area contributed by atoms with Crippen LogP contribution in [0.25, 0.3) is 0 Å². The molecule has 1 saturated heterocycles. The SMILES string of the molecule is CC(=O)N1CCN(Cc2ccc(Cl)cc2F)C[C@@H](C(N)=O)C1. The molecule has 0 bridgehead atoms. The maximum Gasteiger partial charge on any atom is 0.223 e. The molecule has 1 aromatic rings. The van der Waals surface area contributed by atoms with E-state index >= 15 is 0 Å². The molecule has 2 N–H and O–H groups in total. The highest BCUT2D eigenvalue weighted by Gasteiger charge is 2.27. The summed E-state index contributed by atoms with van der Waals surface area (Å²) in [5, 5.41) is 0.342. The molecule has 0 unspecified atom stereocenters. The van der Waals surface area contributed by atoms with Gasteiger partial charge in [-0.2, -0.15) is 0 Å². The summed E-state index contributed by atoms with van der Waals surface area (Å²) in [6, 6.07) is 4.53. The summed E-state index contributed by atoms with van der Waals surface area (Å²) in [7, 11) is 0. The number of benzene rings is 1. The summed E-state index contributed by atoms with van der Waals surface area (Å²) in [4.78, 5) is 26.6. The normalized spacial score (nSPS) is 19.8. The maximum absolute atomic E-state index is 13.9. The molecule has 1 heterocycles. The lowest BCUT2D eigenvalue weighted by atomic mass is 10.1. The van der Waals surface area contributed by atoms with Crippen molar-refractivity contribution in [3.63, 3.8) is 0 Å². The largest absolute Gasteiger partial charge is 0.369 e. The second kappa shape index (κ2) is 7.07. The van der Waals surface area contributed by atoms with Crippen LogP contribution in [0, 0.1) is 11.7 Å². The standard InChI is InChI=1S/C15H19ClFN3O2/c1-10(21)20-5-4-19(8-12(9-20)15(18)22)7-11-2-3-13(16)6-14(11)17/h2-3,6,12H,4-5,7-9H2,1H3,(H2,18,22)/t12-/m1/s1. The van der Waals surface area contributed by atoms with Gasteiger partial charge in [-0.05, 0) is 12.1 Å². The predicted molar refractivity (Wildman–Crippen MR) is 81.6 cm³/mol. The maximum atomic E-state index is 13.9. The number of rotatable bonds is 3. The van der Waals surface area contributed by atoms with E-state index in [1.54, 1.807) is 17.0 Å². The zero-order valence-electron chi connectivity index (χ0n) is 12.4. The first kappa shape index (κ1) is 16.7. The third-order valence-electron chi connectivity index (χ3n) is 3.86. The highest BCUT2D eigenvalue weighted by atomic mass is 35.5. The highest BCUT2D eigenvalue weighted by Crippen LogP contribution is 2.18. The van der Waals surface area contributed by atoms with Crippen molar-refractivity contribution < 1.29 is 14.0 Å². The van der Waals surface area contributed by atoms with Crippen LogP contribution in [0.2, 0.25) is 5.02 Å². The van der Waals surface area contributed by atoms with E-state index in [0.717, 1.165) is 0 Å². The van der Waals surface area contributed by atoms with Crippen LogP contribution < -0.4 is 5.73 Å². The fraction of sp³-hybridized carbons (Fsp3) is 0.467. The number of amides is 2. The Morgan fingerprint density at radius 1 is 1.36 bits per heavy atom. The van der Waals surface area contributed by atoms with Gasteiger partial charge in [0.05, 0.1) is 5.92 Å². The second-order valence-corrected chi connectivity index (χ2v) is 5.97. The Balaban J connectivity index is 2.13. The van der Waals surface area contributed by atoms with E-state index in [2.05, 4.69) is 0 Å². The molecular formula is C15H19ClFN3O2. The zero-order chi connectivity index (χ0) is 16.3. The van der Waals surface area contributed by atoms with Crippen LogP contribution in [0.4, 0.5) is 4.39 Å². The van der Waals surface area contributed by atoms with Crippen molar-refractivity contribution in [3.05, 3.63) is 34.6 Å². The molecule has 5 nitrogen and oxygen atoms in total. The van der Waals surface area contributed by atoms with Crippen LogP contribution in [-0.4, -0.2) is 47.8 Å². The summed E-state index contributed by atoms with van der Waals surface area (Å²) < 4.78 is 13.9. The number of nitrogens with zero attached hydrogens (tertiary/aromatic N) is 2. The van der Waals surface area contributed by atoms with E-state index in [4.69, 9.17) is 17.3 Å². The number of halogens is 2. The number of hydrogen-bond acceptors (Lipinski definition) is 3. The average molecular weight is 328 g/mol. The molecule has 1 aliphatic rings. The quantitative estimate of drug-likeness (QED) is 0.908. The third-order valence-corrected chi connectivity index (χ3v) is 4.10. The van der Waals surface area contributed by atoms with Crippen LogP contribution in [-0.2, 0) is 16.1 Å². The third kappa shape index (κ3) is 4.18. The molecule has 0 aliphatic carbocycles. The minimum Gasteiger partial charge on any atom is -0.369 e. The molecule has 120 valence electrons. The molecule has 0 spiro atoms. The van der Waals surface area contributed by atoms with Crippen molar-refractivity contribution in [1.29, 1.82) is 0 Å². The van der Waals surface area contributed by atoms with E-state index in [1.807, 2.05) is 4.90 Å². The monoisotopic (exact) mass is 327 g/mol. The van der Waals surface area contributed by atoms with Crippen LogP contribution in [0.3, 0.4) is 0 Å². The Labute approximate surface area is 133 Å². The minimum atomic E-state index is -0.457. The van der Waals surface area contributed by atoms with Crippen LogP contribution in [0.15, 0.2) is 18.2 Å². The topological polar surface area (TPSA) is 66.6 Å². The van der Waals surface area contributed by atoms with Crippen molar-refractivity contribution in [2.45, 2.75) is 13.5 Å². The van der Waals surface area contributed by atoms with Gasteiger partial charge in [-0.3, -0.25) is 14.5 Å². The van der Waals surface area contributed by atoms with Crippen molar-refractivity contribution in [3.8, 4) is 0 Å². The number of carbonyl (C=O) groups is 2. The lowest BCUT2D eigenvalue weighted by Crippen LogP contribution is -2.39. The predicted octanol–water partition coefficient (Wildman–Crippen LogP) is 1.24. The summed E-state index contributed by atoms with van der Waals surface area (Å²) in [5.74, 6) is -1.38. The molecule has 1 aromatic carbocycles. The molecule has 2 amide bonds. The lowest BCUT2D eigenvalue weighted by molar-refractivity contribution is -0.130. The summed E-state index contributed by atoms with van der Waals surface area (Å²) >= 11 is 5.75. The van der Waals surface area contributed by atoms with Gasteiger partial charge in [0.25, 0.3) is 0 Å². The van der Waals surface area contributed by atoms with Gasteiger partial charge >= 0.3 is 0 Å². The summed E-state index contributed by atoms with van der Waals surface area (Å²) in [6.07, 6.45) is 0. The first-order valence-corrected chi connectivity index (χ1v) is 7.45. The molecule has 0 aromatic heterocycles. The molecule has 0 saturated carbocycles. The van der Waals surface area contributed by atoms with Gasteiger partial charge in [0.1, 0.15) is 5.82 Å². The van der Waals surface area contributed by atoms with Crippen molar-refractivity contribution in [1.82, 2.24) is 9.80 Å². The van der Waals surface area contributed by atoms with Crippen molar-refractivity contribution >= 4 is 23.4 Å². The van der Waals surface area contributed by atoms with Gasteiger partial charge in [-0.1, -0.05) is 17.7 Å². The first-order valence-electron chi connectivity index (χ1n) is 7.08. The minimum absolute atomic E-state index is 0.0919. The zero-order valence-corrected chi connectivity index (χ0v) is 13.1. The Morgan fingerprint density at radius 3 is 2.68 bits per heavy atom. The van der Waals surface area contributed by atoms with E-state index in [1.165, 1.54) is 13.0 Å². The Bertz CT molecular complexity index is 582. The molecule has 1 aliphatic heterocycles. The molecule has 1 atom stereocenters. The number of primary amides is 1. The van der Waals surface area contributed by atoms with Gasteiger partial charge < -0.3 is 10.6 Å². The van der Waals surface area contributed by atoms with Gasteiger partial charge in [0, 0.05) is 50.2 Å². The number of nitrogens with two attached hydrogens (primary N) is 1. The van der Waals surface area contributed by atoms with Crippen LogP contribution in [0.1, 0.15) is 12.5 Å². The van der Waals surface area contributed by atoms with Gasteiger partial charge in [-0.25, -0.2) is 4.39 Å². The number of carbonyl (C=O) groups excluding carboxylic acids is 2. The fourth-order valence-electron chi connectivity index (χ4n) is 2.58. The number of hydrogen-bond donors (Lipinski definition) is 1. The molecule has 7 heteroatoms. The molecule has 22 heavy (non-hydrogen) atoms. The Morgan fingerprint density at radius 2 is 2.09 bits per heavy atom. The van der Waals surface area contributed by atoms with E-state index < -0.39 is 11.8 Å². The fourth-order valence-corrected chi connectivity index (χ4v) is 2.74. The van der Waals surface area contributed by atoms with E-state index in [9.17, 15) is 14.0 Å². The Kier molecular flexibility index (Phi) is 5.37.